The van der Waals surface area contributed by atoms with Crippen LogP contribution in [0.3, 0.4) is 0 Å². The molecule has 0 bridgehead atoms. The second-order valence-electron chi connectivity index (χ2n) is 3.88. The zero-order valence-electron chi connectivity index (χ0n) is 9.34. The van der Waals surface area contributed by atoms with Crippen molar-refractivity contribution in [3.8, 4) is 10.6 Å². The van der Waals surface area contributed by atoms with Gasteiger partial charge < -0.3 is 5.11 Å². The fraction of sp³-hybridized carbons (Fsp3) is 0.333. The summed E-state index contributed by atoms with van der Waals surface area (Å²) in [5, 5.41) is 10.2. The molecule has 16 heavy (non-hydrogen) atoms. The lowest BCUT2D eigenvalue weighted by Gasteiger charge is -2.01. The van der Waals surface area contributed by atoms with E-state index in [0.717, 1.165) is 21.1 Å². The summed E-state index contributed by atoms with van der Waals surface area (Å²) in [6, 6.07) is 3.87. The molecule has 3 nitrogen and oxygen atoms in total. The number of rotatable bonds is 3. The molecule has 0 unspecified atom stereocenters. The zero-order valence-corrected chi connectivity index (χ0v) is 10.2. The second kappa shape index (κ2) is 4.72. The maximum atomic E-state index is 9.29. The summed E-state index contributed by atoms with van der Waals surface area (Å²) in [5.41, 5.74) is 2.06. The van der Waals surface area contributed by atoms with Gasteiger partial charge in [-0.15, -0.1) is 11.3 Å². The highest BCUT2D eigenvalue weighted by atomic mass is 32.1. The Bertz CT molecular complexity index is 465. The third kappa shape index (κ3) is 2.13. The molecule has 0 fully saturated rings. The summed E-state index contributed by atoms with van der Waals surface area (Å²) >= 11 is 1.55. The van der Waals surface area contributed by atoms with Gasteiger partial charge in [0.15, 0.2) is 0 Å². The molecule has 2 rings (SSSR count). The lowest BCUT2D eigenvalue weighted by atomic mass is 10.1. The molecule has 0 saturated carbocycles. The molecular formula is C12H14N2OS. The number of aliphatic hydroxyl groups excluding tert-OH is 1. The SMILES string of the molecule is CC(C)c1nc(-c2ccncc2)sc1CO. The molecule has 4 heteroatoms. The van der Waals surface area contributed by atoms with Gasteiger partial charge in [0.2, 0.25) is 0 Å². The van der Waals surface area contributed by atoms with Gasteiger partial charge in [-0.05, 0) is 18.1 Å². The van der Waals surface area contributed by atoms with Gasteiger partial charge in [-0.2, -0.15) is 0 Å². The van der Waals surface area contributed by atoms with Crippen molar-refractivity contribution in [3.05, 3.63) is 35.1 Å². The summed E-state index contributed by atoms with van der Waals surface area (Å²) in [5.74, 6) is 0.342. The standard InChI is InChI=1S/C12H14N2OS/c1-8(2)11-10(7-15)16-12(14-11)9-3-5-13-6-4-9/h3-6,8,15H,7H2,1-2H3. The van der Waals surface area contributed by atoms with E-state index in [9.17, 15) is 5.11 Å². The average molecular weight is 234 g/mol. The highest BCUT2D eigenvalue weighted by Crippen LogP contribution is 2.31. The van der Waals surface area contributed by atoms with E-state index in [1.54, 1.807) is 23.7 Å². The lowest BCUT2D eigenvalue weighted by Crippen LogP contribution is -1.93. The van der Waals surface area contributed by atoms with Crippen LogP contribution in [0.5, 0.6) is 0 Å². The summed E-state index contributed by atoms with van der Waals surface area (Å²) in [7, 11) is 0. The van der Waals surface area contributed by atoms with Crippen LogP contribution in [0.1, 0.15) is 30.3 Å². The highest BCUT2D eigenvalue weighted by Gasteiger charge is 2.14. The van der Waals surface area contributed by atoms with Crippen molar-refractivity contribution in [1.82, 2.24) is 9.97 Å². The van der Waals surface area contributed by atoms with Crippen LogP contribution < -0.4 is 0 Å². The third-order valence-electron chi connectivity index (χ3n) is 2.35. The Morgan fingerprint density at radius 3 is 2.50 bits per heavy atom. The Hall–Kier alpha value is -1.26. The van der Waals surface area contributed by atoms with E-state index in [1.165, 1.54) is 0 Å². The molecular weight excluding hydrogens is 220 g/mol. The molecule has 0 atom stereocenters. The van der Waals surface area contributed by atoms with Crippen LogP contribution >= 0.6 is 11.3 Å². The van der Waals surface area contributed by atoms with Gasteiger partial charge in [-0.25, -0.2) is 4.98 Å². The van der Waals surface area contributed by atoms with Crippen molar-refractivity contribution in [2.24, 2.45) is 0 Å². The van der Waals surface area contributed by atoms with Crippen molar-refractivity contribution < 1.29 is 5.11 Å². The van der Waals surface area contributed by atoms with E-state index in [-0.39, 0.29) is 6.61 Å². The summed E-state index contributed by atoms with van der Waals surface area (Å²) in [6.45, 7) is 4.24. The molecule has 0 aliphatic rings. The first kappa shape index (κ1) is 11.2. The first-order valence-corrected chi connectivity index (χ1v) is 6.05. The van der Waals surface area contributed by atoms with Crippen LogP contribution in [-0.4, -0.2) is 15.1 Å². The highest BCUT2D eigenvalue weighted by molar-refractivity contribution is 7.15. The molecule has 0 aromatic carbocycles. The zero-order chi connectivity index (χ0) is 11.5. The quantitative estimate of drug-likeness (QED) is 0.888. The molecule has 0 spiro atoms. The molecule has 0 aliphatic heterocycles. The molecule has 0 aliphatic carbocycles. The number of thiazole rings is 1. The topological polar surface area (TPSA) is 46.0 Å². The van der Waals surface area contributed by atoms with Gasteiger partial charge in [-0.3, -0.25) is 4.98 Å². The predicted octanol–water partition coefficient (Wildman–Crippen LogP) is 2.82. The van der Waals surface area contributed by atoms with Gasteiger partial charge in [-0.1, -0.05) is 13.8 Å². The molecule has 0 amide bonds. The maximum absolute atomic E-state index is 9.29. The number of hydrogen-bond donors (Lipinski definition) is 1. The third-order valence-corrected chi connectivity index (χ3v) is 3.45. The summed E-state index contributed by atoms with van der Waals surface area (Å²) < 4.78 is 0. The van der Waals surface area contributed by atoms with E-state index in [2.05, 4.69) is 23.8 Å². The van der Waals surface area contributed by atoms with Crippen LogP contribution in [-0.2, 0) is 6.61 Å². The van der Waals surface area contributed by atoms with E-state index >= 15 is 0 Å². The second-order valence-corrected chi connectivity index (χ2v) is 4.96. The van der Waals surface area contributed by atoms with Crippen molar-refractivity contribution in [2.75, 3.05) is 0 Å². The van der Waals surface area contributed by atoms with Crippen LogP contribution in [0.25, 0.3) is 10.6 Å². The van der Waals surface area contributed by atoms with Crippen molar-refractivity contribution in [2.45, 2.75) is 26.4 Å². The van der Waals surface area contributed by atoms with Gasteiger partial charge in [0, 0.05) is 18.0 Å². The Labute approximate surface area is 98.8 Å². The first-order chi connectivity index (χ1) is 7.72. The average Bonchev–Trinajstić information content (AvgIpc) is 2.74. The van der Waals surface area contributed by atoms with Crippen LogP contribution in [0.15, 0.2) is 24.5 Å². The van der Waals surface area contributed by atoms with Gasteiger partial charge >= 0.3 is 0 Å². The Morgan fingerprint density at radius 1 is 1.31 bits per heavy atom. The predicted molar refractivity (Wildman–Crippen MR) is 65.4 cm³/mol. The number of nitrogens with zero attached hydrogens (tertiary/aromatic N) is 2. The van der Waals surface area contributed by atoms with Crippen LogP contribution in [0.2, 0.25) is 0 Å². The van der Waals surface area contributed by atoms with Crippen molar-refractivity contribution >= 4 is 11.3 Å². The fourth-order valence-electron chi connectivity index (χ4n) is 1.55. The maximum Gasteiger partial charge on any atom is 0.124 e. The minimum Gasteiger partial charge on any atom is -0.391 e. The van der Waals surface area contributed by atoms with Crippen LogP contribution in [0.4, 0.5) is 0 Å². The van der Waals surface area contributed by atoms with E-state index < -0.39 is 0 Å². The van der Waals surface area contributed by atoms with E-state index in [4.69, 9.17) is 0 Å². The summed E-state index contributed by atoms with van der Waals surface area (Å²) in [6.07, 6.45) is 3.51. The van der Waals surface area contributed by atoms with Crippen molar-refractivity contribution in [3.63, 3.8) is 0 Å². The van der Waals surface area contributed by atoms with E-state index in [1.807, 2.05) is 12.1 Å². The van der Waals surface area contributed by atoms with E-state index in [0.29, 0.717) is 5.92 Å². The molecule has 2 aromatic heterocycles. The number of hydrogen-bond acceptors (Lipinski definition) is 4. The Kier molecular flexibility index (Phi) is 3.31. The molecule has 0 radical (unpaired) electrons. The Morgan fingerprint density at radius 2 is 2.00 bits per heavy atom. The first-order valence-electron chi connectivity index (χ1n) is 5.23. The largest absolute Gasteiger partial charge is 0.391 e. The molecule has 0 saturated heterocycles. The molecule has 84 valence electrons. The van der Waals surface area contributed by atoms with Crippen molar-refractivity contribution in [1.29, 1.82) is 0 Å². The summed E-state index contributed by atoms with van der Waals surface area (Å²) in [4.78, 5) is 9.52. The molecule has 2 heterocycles. The minimum absolute atomic E-state index is 0.0657. The minimum atomic E-state index is 0.0657. The monoisotopic (exact) mass is 234 g/mol. The smallest absolute Gasteiger partial charge is 0.124 e. The number of aromatic nitrogens is 2. The lowest BCUT2D eigenvalue weighted by molar-refractivity contribution is 0.283. The Balaban J connectivity index is 2.44. The van der Waals surface area contributed by atoms with Crippen LogP contribution in [0, 0.1) is 0 Å². The number of aliphatic hydroxyl groups is 1. The van der Waals surface area contributed by atoms with Gasteiger partial charge in [0.1, 0.15) is 5.01 Å². The normalized spacial score (nSPS) is 11.0. The van der Waals surface area contributed by atoms with Gasteiger partial charge in [0.05, 0.1) is 17.2 Å². The molecule has 2 aromatic rings. The number of pyridine rings is 1. The van der Waals surface area contributed by atoms with Gasteiger partial charge in [0.25, 0.3) is 0 Å². The fourth-order valence-corrected chi connectivity index (χ4v) is 2.63. The molecule has 1 N–H and O–H groups in total.